The van der Waals surface area contributed by atoms with Gasteiger partial charge in [0.25, 0.3) is 0 Å². The van der Waals surface area contributed by atoms with Gasteiger partial charge in [0.1, 0.15) is 0 Å². The Morgan fingerprint density at radius 2 is 1.58 bits per heavy atom. The maximum atomic E-state index is 6.37. The highest BCUT2D eigenvalue weighted by molar-refractivity contribution is 9.11. The van der Waals surface area contributed by atoms with Crippen LogP contribution in [0.1, 0.15) is 28.3 Å². The van der Waals surface area contributed by atoms with Crippen molar-refractivity contribution in [3.63, 3.8) is 0 Å². The van der Waals surface area contributed by atoms with E-state index in [1.165, 1.54) is 11.1 Å². The highest BCUT2D eigenvalue weighted by Gasteiger charge is 2.15. The molecule has 2 nitrogen and oxygen atoms in total. The lowest BCUT2D eigenvalue weighted by atomic mass is 9.96. The van der Waals surface area contributed by atoms with E-state index in [2.05, 4.69) is 62.2 Å². The second-order valence-electron chi connectivity index (χ2n) is 4.70. The minimum atomic E-state index is -0.125. The number of hydrogen-bond acceptors (Lipinski definition) is 2. The second-order valence-corrected chi connectivity index (χ2v) is 6.53. The molecule has 1 unspecified atom stereocenters. The molecule has 98 valence electrons. The molecule has 3 rings (SSSR count). The highest BCUT2D eigenvalue weighted by atomic mass is 79.9. The normalized spacial score (nSPS) is 15.3. The van der Waals surface area contributed by atoms with Crippen LogP contribution in [0.15, 0.2) is 45.3 Å². The van der Waals surface area contributed by atoms with Crippen LogP contribution in [0.25, 0.3) is 0 Å². The number of hydrogen-bond donors (Lipinski definition) is 1. The SMILES string of the molecule is NC(c1cc(Br)cc(Br)c1)c1ccc2c(c1)COC2. The molecule has 0 saturated heterocycles. The Morgan fingerprint density at radius 1 is 0.895 bits per heavy atom. The monoisotopic (exact) mass is 381 g/mol. The van der Waals surface area contributed by atoms with Crippen molar-refractivity contribution in [3.05, 3.63) is 67.6 Å². The molecule has 0 spiro atoms. The molecule has 1 aliphatic heterocycles. The summed E-state index contributed by atoms with van der Waals surface area (Å²) in [6, 6.07) is 12.4. The fraction of sp³-hybridized carbons (Fsp3) is 0.200. The van der Waals surface area contributed by atoms with Crippen LogP contribution in [0, 0.1) is 0 Å². The lowest BCUT2D eigenvalue weighted by Gasteiger charge is -2.14. The molecule has 2 N–H and O–H groups in total. The molecule has 1 heterocycles. The Balaban J connectivity index is 1.97. The van der Waals surface area contributed by atoms with E-state index in [1.54, 1.807) is 0 Å². The molecular weight excluding hydrogens is 370 g/mol. The summed E-state index contributed by atoms with van der Waals surface area (Å²) in [5.41, 5.74) is 11.1. The predicted molar refractivity (Wildman–Crippen MR) is 82.8 cm³/mol. The molecule has 0 saturated carbocycles. The number of fused-ring (bicyclic) bond motifs is 1. The van der Waals surface area contributed by atoms with Crippen molar-refractivity contribution in [2.45, 2.75) is 19.3 Å². The second kappa shape index (κ2) is 5.37. The summed E-state index contributed by atoms with van der Waals surface area (Å²) >= 11 is 7.00. The molecule has 0 fully saturated rings. The van der Waals surface area contributed by atoms with Crippen molar-refractivity contribution in [3.8, 4) is 0 Å². The van der Waals surface area contributed by atoms with Gasteiger partial charge in [-0.15, -0.1) is 0 Å². The van der Waals surface area contributed by atoms with Crippen molar-refractivity contribution in [1.29, 1.82) is 0 Å². The average Bonchev–Trinajstić information content (AvgIpc) is 2.83. The molecule has 0 radical (unpaired) electrons. The third-order valence-electron chi connectivity index (χ3n) is 3.35. The van der Waals surface area contributed by atoms with E-state index in [-0.39, 0.29) is 6.04 Å². The van der Waals surface area contributed by atoms with Gasteiger partial charge in [0.2, 0.25) is 0 Å². The van der Waals surface area contributed by atoms with Crippen molar-refractivity contribution in [2.24, 2.45) is 5.73 Å². The summed E-state index contributed by atoms with van der Waals surface area (Å²) in [7, 11) is 0. The van der Waals surface area contributed by atoms with E-state index >= 15 is 0 Å². The molecule has 0 aliphatic carbocycles. The van der Waals surface area contributed by atoms with Gasteiger partial charge in [-0.25, -0.2) is 0 Å². The Labute approximate surface area is 129 Å². The lowest BCUT2D eigenvalue weighted by molar-refractivity contribution is 0.134. The van der Waals surface area contributed by atoms with Crippen LogP contribution in [-0.2, 0) is 18.0 Å². The van der Waals surface area contributed by atoms with E-state index in [9.17, 15) is 0 Å². The van der Waals surface area contributed by atoms with Crippen LogP contribution in [0.2, 0.25) is 0 Å². The standard InChI is InChI=1S/C15H13Br2NO/c16-13-4-11(5-14(17)6-13)15(18)9-1-2-10-7-19-8-12(10)3-9/h1-6,15H,7-8,18H2. The van der Waals surface area contributed by atoms with E-state index in [0.29, 0.717) is 13.2 Å². The van der Waals surface area contributed by atoms with E-state index in [0.717, 1.165) is 20.1 Å². The molecular formula is C15H13Br2NO. The first-order valence-electron chi connectivity index (χ1n) is 6.04. The molecule has 1 atom stereocenters. The van der Waals surface area contributed by atoms with Gasteiger partial charge in [0.15, 0.2) is 0 Å². The van der Waals surface area contributed by atoms with Crippen LogP contribution < -0.4 is 5.73 Å². The molecule has 2 aromatic rings. The summed E-state index contributed by atoms with van der Waals surface area (Å²) in [5.74, 6) is 0. The number of rotatable bonds is 2. The third kappa shape index (κ3) is 2.77. The zero-order chi connectivity index (χ0) is 13.4. The Morgan fingerprint density at radius 3 is 2.32 bits per heavy atom. The fourth-order valence-electron chi connectivity index (χ4n) is 2.33. The lowest BCUT2D eigenvalue weighted by Crippen LogP contribution is -2.12. The molecule has 2 aromatic carbocycles. The van der Waals surface area contributed by atoms with Crippen molar-refractivity contribution >= 4 is 31.9 Å². The fourth-order valence-corrected chi connectivity index (χ4v) is 3.66. The zero-order valence-electron chi connectivity index (χ0n) is 10.2. The Bertz CT molecular complexity index is 607. The van der Waals surface area contributed by atoms with Gasteiger partial charge in [0.05, 0.1) is 19.3 Å². The number of ether oxygens (including phenoxy) is 1. The van der Waals surface area contributed by atoms with Crippen LogP contribution in [0.3, 0.4) is 0 Å². The van der Waals surface area contributed by atoms with Crippen LogP contribution >= 0.6 is 31.9 Å². The van der Waals surface area contributed by atoms with Gasteiger partial charge in [-0.2, -0.15) is 0 Å². The third-order valence-corrected chi connectivity index (χ3v) is 4.26. The van der Waals surface area contributed by atoms with Crippen LogP contribution in [0.5, 0.6) is 0 Å². The Hall–Kier alpha value is -0.680. The molecule has 1 aliphatic rings. The molecule has 0 amide bonds. The first kappa shape index (κ1) is 13.3. The quantitative estimate of drug-likeness (QED) is 0.840. The van der Waals surface area contributed by atoms with Crippen molar-refractivity contribution < 1.29 is 4.74 Å². The zero-order valence-corrected chi connectivity index (χ0v) is 13.4. The van der Waals surface area contributed by atoms with Gasteiger partial charge in [-0.3, -0.25) is 0 Å². The van der Waals surface area contributed by atoms with Crippen LogP contribution in [-0.4, -0.2) is 0 Å². The van der Waals surface area contributed by atoms with Gasteiger partial charge in [0, 0.05) is 8.95 Å². The van der Waals surface area contributed by atoms with E-state index in [4.69, 9.17) is 10.5 Å². The first-order valence-corrected chi connectivity index (χ1v) is 7.63. The van der Waals surface area contributed by atoms with E-state index < -0.39 is 0 Å². The largest absolute Gasteiger partial charge is 0.372 e. The molecule has 0 bridgehead atoms. The maximum Gasteiger partial charge on any atom is 0.0725 e. The minimum Gasteiger partial charge on any atom is -0.372 e. The smallest absolute Gasteiger partial charge is 0.0725 e. The molecule has 4 heteroatoms. The summed E-state index contributed by atoms with van der Waals surface area (Å²) in [6.45, 7) is 1.41. The number of halogens is 2. The van der Waals surface area contributed by atoms with Gasteiger partial charge < -0.3 is 10.5 Å². The van der Waals surface area contributed by atoms with Crippen molar-refractivity contribution in [2.75, 3.05) is 0 Å². The first-order chi connectivity index (χ1) is 9.13. The predicted octanol–water partition coefficient (Wildman–Crippen LogP) is 4.29. The summed E-state index contributed by atoms with van der Waals surface area (Å²) in [6.07, 6.45) is 0. The number of benzene rings is 2. The molecule has 19 heavy (non-hydrogen) atoms. The van der Waals surface area contributed by atoms with Gasteiger partial charge in [-0.1, -0.05) is 50.1 Å². The van der Waals surface area contributed by atoms with Crippen molar-refractivity contribution in [1.82, 2.24) is 0 Å². The van der Waals surface area contributed by atoms with E-state index in [1.807, 2.05) is 6.07 Å². The number of nitrogens with two attached hydrogens (primary N) is 1. The average molecular weight is 383 g/mol. The van der Waals surface area contributed by atoms with Gasteiger partial charge in [-0.05, 0) is 40.5 Å². The van der Waals surface area contributed by atoms with Crippen LogP contribution in [0.4, 0.5) is 0 Å². The summed E-state index contributed by atoms with van der Waals surface area (Å²) in [4.78, 5) is 0. The topological polar surface area (TPSA) is 35.2 Å². The minimum absolute atomic E-state index is 0.125. The maximum absolute atomic E-state index is 6.37. The Kier molecular flexibility index (Phi) is 3.76. The highest BCUT2D eigenvalue weighted by Crippen LogP contribution is 2.29. The summed E-state index contributed by atoms with van der Waals surface area (Å²) < 4.78 is 7.49. The summed E-state index contributed by atoms with van der Waals surface area (Å²) in [5, 5.41) is 0. The molecule has 0 aromatic heterocycles. The van der Waals surface area contributed by atoms with Gasteiger partial charge >= 0.3 is 0 Å².